The molecule has 1 aromatic rings. The molecule has 25 nitrogen and oxygen atoms in total. The van der Waals surface area contributed by atoms with Gasteiger partial charge in [0.15, 0.2) is 9.84 Å². The van der Waals surface area contributed by atoms with E-state index in [1.165, 1.54) is 24.3 Å². The molecule has 3 rings (SSSR count). The van der Waals surface area contributed by atoms with Crippen LogP contribution in [0.25, 0.3) is 0 Å². The maximum absolute atomic E-state index is 14.6. The maximum Gasteiger partial charge on any atom is 0.245 e. The molecule has 1 aromatic carbocycles. The molecule has 2 saturated heterocycles. The first-order valence-corrected chi connectivity index (χ1v) is 25.3. The summed E-state index contributed by atoms with van der Waals surface area (Å²) in [5, 5.41) is 27.2. The number of likely N-dealkylation sites (tertiary alicyclic amines) is 1. The Kier molecular flexibility index (Phi) is 22.6. The highest BCUT2D eigenvalue weighted by atomic mass is 32.2. The van der Waals surface area contributed by atoms with Crippen LogP contribution in [0.5, 0.6) is 5.75 Å². The van der Waals surface area contributed by atoms with Gasteiger partial charge in [0.05, 0.1) is 24.5 Å². The average molecular weight is 1020 g/mol. The van der Waals surface area contributed by atoms with Gasteiger partial charge in [0.1, 0.15) is 48.0 Å². The molecule has 11 amide bonds. The van der Waals surface area contributed by atoms with Gasteiger partial charge in [-0.25, -0.2) is 8.42 Å². The van der Waals surface area contributed by atoms with Crippen LogP contribution in [0.1, 0.15) is 97.5 Å². The third-order valence-electron chi connectivity index (χ3n) is 12.0. The Balaban J connectivity index is 2.12. The van der Waals surface area contributed by atoms with Gasteiger partial charge >= 0.3 is 0 Å². The topological polar surface area (TPSA) is 408 Å². The highest BCUT2D eigenvalue weighted by Gasteiger charge is 2.40. The van der Waals surface area contributed by atoms with Gasteiger partial charge in [-0.15, -0.1) is 0 Å². The van der Waals surface area contributed by atoms with Gasteiger partial charge in [-0.05, 0) is 68.1 Å². The third-order valence-corrected chi connectivity index (χ3v) is 13.7. The Morgan fingerprint density at radius 2 is 1.41 bits per heavy atom. The molecule has 26 heteroatoms. The van der Waals surface area contributed by atoms with Crippen LogP contribution in [0.2, 0.25) is 0 Å². The van der Waals surface area contributed by atoms with Crippen molar-refractivity contribution in [3.05, 3.63) is 29.8 Å². The van der Waals surface area contributed by atoms with Crippen LogP contribution < -0.4 is 54.4 Å². The van der Waals surface area contributed by atoms with Crippen molar-refractivity contribution in [1.29, 1.82) is 0 Å². The number of hydrogen-bond acceptors (Lipinski definition) is 14. The molecular formula is C45H69N11O14S. The second-order valence-electron chi connectivity index (χ2n) is 18.3. The lowest BCUT2D eigenvalue weighted by Crippen LogP contribution is -2.62. The largest absolute Gasteiger partial charge is 0.508 e. The normalized spacial score (nSPS) is 23.8. The highest BCUT2D eigenvalue weighted by Crippen LogP contribution is 2.21. The Morgan fingerprint density at radius 1 is 0.775 bits per heavy atom. The number of nitrogens with one attached hydrogen (secondary N) is 7. The van der Waals surface area contributed by atoms with E-state index in [2.05, 4.69) is 37.2 Å². The Labute approximate surface area is 411 Å². The van der Waals surface area contributed by atoms with E-state index in [9.17, 15) is 66.3 Å². The second-order valence-corrected chi connectivity index (χ2v) is 20.6. The summed E-state index contributed by atoms with van der Waals surface area (Å²) in [6.45, 7) is 6.30. The molecule has 14 N–H and O–H groups in total. The van der Waals surface area contributed by atoms with Crippen molar-refractivity contribution in [2.45, 2.75) is 141 Å². The van der Waals surface area contributed by atoms with Gasteiger partial charge in [0.2, 0.25) is 65.0 Å². The highest BCUT2D eigenvalue weighted by molar-refractivity contribution is 7.91. The minimum absolute atomic E-state index is 0.0713. The number of nitrogens with zero attached hydrogens (tertiary/aromatic N) is 1. The fourth-order valence-electron chi connectivity index (χ4n) is 7.91. The first-order chi connectivity index (χ1) is 33.3. The zero-order valence-corrected chi connectivity index (χ0v) is 41.3. The van der Waals surface area contributed by atoms with Crippen molar-refractivity contribution < 1.29 is 66.3 Å². The number of benzene rings is 1. The van der Waals surface area contributed by atoms with Crippen LogP contribution in [0, 0.1) is 11.8 Å². The predicted molar refractivity (Wildman–Crippen MR) is 254 cm³/mol. The van der Waals surface area contributed by atoms with Crippen molar-refractivity contribution in [3.8, 4) is 5.75 Å². The van der Waals surface area contributed by atoms with E-state index in [4.69, 9.17) is 17.2 Å². The second kappa shape index (κ2) is 27.5. The molecule has 0 aliphatic carbocycles. The first-order valence-electron chi connectivity index (χ1n) is 23.5. The number of carbonyl (C=O) groups is 11. The monoisotopic (exact) mass is 1020 g/mol. The van der Waals surface area contributed by atoms with Crippen molar-refractivity contribution in [1.82, 2.24) is 42.1 Å². The standard InChI is InChI=1S/C45H69N11O14S/c1-5-25(4)38-44(67)51-28(13-14-34(46)58)40(63)53-32(22-35(47)59)41(64)52-29(15-18-71(69,70)19-16-37(61)50-31(42(65)55-38)21-26-9-11-27(57)12-10-26)45(68)56-17-7-6-8-33(56)43(66)54-30(20-24(2)3)39(62)49-23-36(48)60/h9-12,24-25,28-33,38,57H,5-8,13-23H2,1-4H3,(H2,46,58)(H2,47,59)(H2,48,60)(H,49,62)(H,50,61)(H,51,67)(H,52,64)(H,53,63)(H,54,66)(H,55,65)/t25-,28-,29-,30-,31-,32-,33-,38-/m0/s1. The van der Waals surface area contributed by atoms with Crippen LogP contribution in [-0.4, -0.2) is 150 Å². The number of hydrogen-bond donors (Lipinski definition) is 11. The maximum atomic E-state index is 14.6. The fourth-order valence-corrected chi connectivity index (χ4v) is 9.21. The van der Waals surface area contributed by atoms with E-state index in [0.29, 0.717) is 24.8 Å². The molecule has 2 aliphatic rings. The predicted octanol–water partition coefficient (Wildman–Crippen LogP) is -3.73. The molecule has 394 valence electrons. The number of aromatic hydroxyl groups is 1. The Morgan fingerprint density at radius 3 is 2.01 bits per heavy atom. The summed E-state index contributed by atoms with van der Waals surface area (Å²) in [6.07, 6.45) is -2.06. The number of phenolic OH excluding ortho intramolecular Hbond substituents is 1. The minimum atomic E-state index is -4.29. The van der Waals surface area contributed by atoms with Gasteiger partial charge < -0.3 is 64.4 Å². The molecule has 0 bridgehead atoms. The number of phenols is 1. The third kappa shape index (κ3) is 19.5. The molecule has 71 heavy (non-hydrogen) atoms. The van der Waals surface area contributed by atoms with Gasteiger partial charge in [0, 0.05) is 25.8 Å². The summed E-state index contributed by atoms with van der Waals surface area (Å²) in [6, 6.07) is -4.88. The molecule has 0 radical (unpaired) electrons. The molecule has 0 aromatic heterocycles. The number of nitrogens with two attached hydrogens (primary N) is 3. The van der Waals surface area contributed by atoms with Gasteiger partial charge in [-0.1, -0.05) is 46.2 Å². The van der Waals surface area contributed by atoms with Crippen molar-refractivity contribution in [3.63, 3.8) is 0 Å². The van der Waals surface area contributed by atoms with E-state index >= 15 is 0 Å². The van der Waals surface area contributed by atoms with Crippen LogP contribution in [0.15, 0.2) is 24.3 Å². The first kappa shape index (κ1) is 58.5. The van der Waals surface area contributed by atoms with Crippen LogP contribution >= 0.6 is 0 Å². The van der Waals surface area contributed by atoms with Crippen molar-refractivity contribution in [2.75, 3.05) is 24.6 Å². The van der Waals surface area contributed by atoms with Crippen LogP contribution in [0.4, 0.5) is 0 Å². The molecule has 0 saturated carbocycles. The van der Waals surface area contributed by atoms with E-state index in [1.54, 1.807) is 27.7 Å². The molecule has 0 unspecified atom stereocenters. The summed E-state index contributed by atoms with van der Waals surface area (Å²) >= 11 is 0. The summed E-state index contributed by atoms with van der Waals surface area (Å²) in [5.74, 6) is -12.8. The zero-order chi connectivity index (χ0) is 53.2. The molecule has 8 atom stereocenters. The molecule has 0 spiro atoms. The zero-order valence-electron chi connectivity index (χ0n) is 40.5. The smallest absolute Gasteiger partial charge is 0.245 e. The van der Waals surface area contributed by atoms with Gasteiger partial charge in [-0.2, -0.15) is 0 Å². The quantitative estimate of drug-likeness (QED) is 0.0715. The lowest BCUT2D eigenvalue weighted by atomic mass is 9.96. The van der Waals surface area contributed by atoms with Gasteiger partial charge in [-0.3, -0.25) is 52.7 Å². The SMILES string of the molecule is CC[C@H](C)[C@@H]1NC(=O)[C@H](Cc2ccc(O)cc2)NC(=O)CCS(=O)(=O)CC[C@@H](C(=O)N2CCCC[C@H]2C(=O)N[C@@H](CC(C)C)C(=O)NCC(N)=O)NC(=O)[C@H](CC(N)=O)NC(=O)[C@H](CCC(N)=O)NC1=O. The molecule has 2 heterocycles. The minimum Gasteiger partial charge on any atom is -0.508 e. The molecular weight excluding hydrogens is 951 g/mol. The van der Waals surface area contributed by atoms with E-state index in [-0.39, 0.29) is 37.5 Å². The number of primary amides is 3. The Bertz CT molecular complexity index is 2240. The average Bonchev–Trinajstić information content (AvgIpc) is 3.30. The van der Waals surface area contributed by atoms with Crippen LogP contribution in [-0.2, 0) is 69.0 Å². The van der Waals surface area contributed by atoms with E-state index < -0.39 is 173 Å². The number of carbonyl (C=O) groups excluding carboxylic acids is 11. The number of sulfone groups is 1. The number of piperidine rings is 1. The van der Waals surface area contributed by atoms with Crippen molar-refractivity contribution in [2.24, 2.45) is 29.0 Å². The fraction of sp³-hybridized carbons (Fsp3) is 0.622. The molecule has 2 aliphatic heterocycles. The lowest BCUT2D eigenvalue weighted by molar-refractivity contribution is -0.146. The van der Waals surface area contributed by atoms with Crippen LogP contribution in [0.3, 0.4) is 0 Å². The van der Waals surface area contributed by atoms with E-state index in [0.717, 1.165) is 4.90 Å². The lowest BCUT2D eigenvalue weighted by Gasteiger charge is -2.38. The van der Waals surface area contributed by atoms with Crippen molar-refractivity contribution >= 4 is 74.8 Å². The van der Waals surface area contributed by atoms with E-state index in [1.807, 2.05) is 0 Å². The summed E-state index contributed by atoms with van der Waals surface area (Å²) in [7, 11) is -4.29. The Hall–Kier alpha value is -6.86. The summed E-state index contributed by atoms with van der Waals surface area (Å²) in [5.41, 5.74) is 16.5. The number of rotatable bonds is 17. The molecule has 2 fully saturated rings. The number of amides is 11. The summed E-state index contributed by atoms with van der Waals surface area (Å²) < 4.78 is 27.3. The summed E-state index contributed by atoms with van der Waals surface area (Å²) in [4.78, 5) is 148. The van der Waals surface area contributed by atoms with Gasteiger partial charge in [0.25, 0.3) is 0 Å².